The Hall–Kier alpha value is -4.01. The van der Waals surface area contributed by atoms with Gasteiger partial charge in [-0.1, -0.05) is 12.1 Å². The smallest absolute Gasteiger partial charge is 0.303 e. The fourth-order valence-corrected chi connectivity index (χ4v) is 3.79. The van der Waals surface area contributed by atoms with Gasteiger partial charge in [0.1, 0.15) is 0 Å². The molecule has 32 heavy (non-hydrogen) atoms. The molecule has 0 fully saturated rings. The summed E-state index contributed by atoms with van der Waals surface area (Å²) in [6.07, 6.45) is 3.24. The highest BCUT2D eigenvalue weighted by Crippen LogP contribution is 2.37. The number of carbonyl (C=O) groups is 2. The number of para-hydroxylation sites is 1. The van der Waals surface area contributed by atoms with Crippen molar-refractivity contribution < 1.29 is 24.2 Å². The normalized spacial score (nSPS) is 15.5. The molecular formula is C23H22N4O5. The lowest BCUT2D eigenvalue weighted by atomic mass is 9.96. The lowest BCUT2D eigenvalue weighted by molar-refractivity contribution is -0.141. The first-order chi connectivity index (χ1) is 15.5. The maximum atomic E-state index is 12.9. The fraction of sp³-hybridized carbons (Fsp3) is 0.261. The minimum atomic E-state index is -1.03. The van der Waals surface area contributed by atoms with E-state index >= 15 is 0 Å². The second-order valence-electron chi connectivity index (χ2n) is 7.24. The Morgan fingerprint density at radius 2 is 1.84 bits per heavy atom. The van der Waals surface area contributed by atoms with Crippen molar-refractivity contribution in [2.24, 2.45) is 5.10 Å². The molecule has 1 aromatic heterocycles. The van der Waals surface area contributed by atoms with Crippen molar-refractivity contribution in [3.8, 4) is 11.5 Å². The van der Waals surface area contributed by atoms with Crippen LogP contribution in [0.4, 0.5) is 0 Å². The van der Waals surface area contributed by atoms with Crippen LogP contribution in [0, 0.1) is 0 Å². The molecule has 0 saturated carbocycles. The lowest BCUT2D eigenvalue weighted by Gasteiger charge is -2.22. The van der Waals surface area contributed by atoms with Gasteiger partial charge in [-0.25, -0.2) is 5.01 Å². The summed E-state index contributed by atoms with van der Waals surface area (Å²) in [6, 6.07) is 10.6. The van der Waals surface area contributed by atoms with Crippen molar-refractivity contribution in [3.05, 3.63) is 59.9 Å². The highest BCUT2D eigenvalue weighted by molar-refractivity contribution is 6.04. The molecule has 1 aliphatic heterocycles. The Balaban J connectivity index is 1.75. The molecule has 0 spiro atoms. The molecule has 3 aromatic rings. The number of carboxylic acid groups (broad SMARTS) is 1. The van der Waals surface area contributed by atoms with Crippen molar-refractivity contribution in [3.63, 3.8) is 0 Å². The quantitative estimate of drug-likeness (QED) is 0.607. The van der Waals surface area contributed by atoms with Crippen LogP contribution in [0.25, 0.3) is 11.0 Å². The lowest BCUT2D eigenvalue weighted by Crippen LogP contribution is -2.27. The molecule has 2 heterocycles. The number of carboxylic acids is 1. The predicted molar refractivity (Wildman–Crippen MR) is 117 cm³/mol. The van der Waals surface area contributed by atoms with E-state index in [0.717, 1.165) is 11.1 Å². The number of rotatable bonds is 7. The summed E-state index contributed by atoms with van der Waals surface area (Å²) in [6.45, 7) is 0. The molecule has 1 atom stereocenters. The minimum Gasteiger partial charge on any atom is -0.493 e. The Labute approximate surface area is 184 Å². The van der Waals surface area contributed by atoms with Crippen LogP contribution in [-0.4, -0.2) is 51.9 Å². The van der Waals surface area contributed by atoms with Crippen molar-refractivity contribution in [1.82, 2.24) is 15.0 Å². The van der Waals surface area contributed by atoms with Crippen LogP contribution in [0.5, 0.6) is 11.5 Å². The van der Waals surface area contributed by atoms with Crippen LogP contribution >= 0.6 is 0 Å². The molecule has 0 unspecified atom stereocenters. The molecule has 2 aromatic carbocycles. The van der Waals surface area contributed by atoms with Gasteiger partial charge >= 0.3 is 5.97 Å². The number of ether oxygens (including phenoxy) is 2. The molecule has 0 aliphatic carbocycles. The van der Waals surface area contributed by atoms with E-state index in [4.69, 9.17) is 14.6 Å². The molecule has 4 rings (SSSR count). The summed E-state index contributed by atoms with van der Waals surface area (Å²) in [4.78, 5) is 32.8. The average molecular weight is 434 g/mol. The zero-order valence-corrected chi connectivity index (χ0v) is 17.7. The standard InChI is InChI=1S/C23H22N4O5/c1-31-19-7-6-14(12-20(19)32-2)17-13-18(27(26-17)21(28)8-9-22(29)30)15-4-3-5-16-23(15)25-11-10-24-16/h3-7,10-12,18H,8-9,13H2,1-2H3,(H,29,30)/t18-/m1/s1. The van der Waals surface area contributed by atoms with Crippen LogP contribution in [0.3, 0.4) is 0 Å². The number of methoxy groups -OCH3 is 2. The van der Waals surface area contributed by atoms with E-state index in [1.54, 1.807) is 32.7 Å². The molecule has 1 aliphatic rings. The van der Waals surface area contributed by atoms with Gasteiger partial charge in [0.15, 0.2) is 11.5 Å². The maximum Gasteiger partial charge on any atom is 0.303 e. The number of nitrogens with zero attached hydrogens (tertiary/aromatic N) is 4. The first kappa shape index (κ1) is 21.2. The number of hydrogen-bond donors (Lipinski definition) is 1. The third-order valence-electron chi connectivity index (χ3n) is 5.32. The van der Waals surface area contributed by atoms with E-state index in [9.17, 15) is 9.59 Å². The van der Waals surface area contributed by atoms with Crippen LogP contribution < -0.4 is 9.47 Å². The largest absolute Gasteiger partial charge is 0.493 e. The Kier molecular flexibility index (Phi) is 5.98. The van der Waals surface area contributed by atoms with Crippen LogP contribution in [0.2, 0.25) is 0 Å². The van der Waals surface area contributed by atoms with Crippen molar-refractivity contribution >= 4 is 28.6 Å². The second-order valence-corrected chi connectivity index (χ2v) is 7.24. The molecule has 0 saturated heterocycles. The zero-order chi connectivity index (χ0) is 22.7. The van der Waals surface area contributed by atoms with Gasteiger partial charge in [0.05, 0.1) is 43.4 Å². The number of amides is 1. The van der Waals surface area contributed by atoms with E-state index in [-0.39, 0.29) is 18.7 Å². The van der Waals surface area contributed by atoms with Crippen molar-refractivity contribution in [2.75, 3.05) is 14.2 Å². The van der Waals surface area contributed by atoms with Gasteiger partial charge in [0.2, 0.25) is 5.91 Å². The molecule has 0 bridgehead atoms. The SMILES string of the molecule is COc1ccc(C2=NN(C(=O)CCC(=O)O)[C@@H](c3cccc4nccnc34)C2)cc1OC. The number of hydrogen-bond acceptors (Lipinski definition) is 7. The van der Waals surface area contributed by atoms with Gasteiger partial charge in [-0.05, 0) is 24.3 Å². The summed E-state index contributed by atoms with van der Waals surface area (Å²) in [5.74, 6) is -0.260. The number of hydrazone groups is 1. The Morgan fingerprint density at radius 1 is 1.06 bits per heavy atom. The van der Waals surface area contributed by atoms with E-state index in [1.807, 2.05) is 30.3 Å². The first-order valence-electron chi connectivity index (χ1n) is 10.0. The number of carbonyl (C=O) groups excluding carboxylic acids is 1. The highest BCUT2D eigenvalue weighted by Gasteiger charge is 2.34. The molecule has 0 radical (unpaired) electrons. The van der Waals surface area contributed by atoms with E-state index < -0.39 is 12.0 Å². The van der Waals surface area contributed by atoms with Crippen LogP contribution in [-0.2, 0) is 9.59 Å². The summed E-state index contributed by atoms with van der Waals surface area (Å²) in [5, 5.41) is 15.0. The highest BCUT2D eigenvalue weighted by atomic mass is 16.5. The van der Waals surface area contributed by atoms with Crippen LogP contribution in [0.1, 0.15) is 36.4 Å². The fourth-order valence-electron chi connectivity index (χ4n) is 3.79. The van der Waals surface area contributed by atoms with Gasteiger partial charge in [-0.3, -0.25) is 19.6 Å². The summed E-state index contributed by atoms with van der Waals surface area (Å²) < 4.78 is 10.7. The van der Waals surface area contributed by atoms with Gasteiger partial charge < -0.3 is 14.6 Å². The maximum absolute atomic E-state index is 12.9. The number of fused-ring (bicyclic) bond motifs is 1. The van der Waals surface area contributed by atoms with Gasteiger partial charge in [0.25, 0.3) is 0 Å². The molecule has 9 heteroatoms. The van der Waals surface area contributed by atoms with E-state index in [2.05, 4.69) is 15.1 Å². The molecular weight excluding hydrogens is 412 g/mol. The molecule has 1 amide bonds. The van der Waals surface area contributed by atoms with Gasteiger partial charge in [0, 0.05) is 36.4 Å². The van der Waals surface area contributed by atoms with E-state index in [0.29, 0.717) is 34.7 Å². The van der Waals surface area contributed by atoms with Crippen molar-refractivity contribution in [1.29, 1.82) is 0 Å². The van der Waals surface area contributed by atoms with Crippen molar-refractivity contribution in [2.45, 2.75) is 25.3 Å². The third-order valence-corrected chi connectivity index (χ3v) is 5.32. The van der Waals surface area contributed by atoms with Gasteiger partial charge in [-0.15, -0.1) is 0 Å². The number of benzene rings is 2. The van der Waals surface area contributed by atoms with Gasteiger partial charge in [-0.2, -0.15) is 5.10 Å². The predicted octanol–water partition coefficient (Wildman–Crippen LogP) is 3.19. The number of aliphatic carboxylic acids is 1. The average Bonchev–Trinajstić information content (AvgIpc) is 3.27. The summed E-state index contributed by atoms with van der Waals surface area (Å²) in [5.41, 5.74) is 3.66. The third kappa shape index (κ3) is 4.09. The summed E-state index contributed by atoms with van der Waals surface area (Å²) in [7, 11) is 3.11. The Morgan fingerprint density at radius 3 is 2.59 bits per heavy atom. The second kappa shape index (κ2) is 9.01. The first-order valence-corrected chi connectivity index (χ1v) is 10.0. The zero-order valence-electron chi connectivity index (χ0n) is 17.7. The molecule has 164 valence electrons. The topological polar surface area (TPSA) is 114 Å². The molecule has 9 nitrogen and oxygen atoms in total. The monoisotopic (exact) mass is 434 g/mol. The molecule has 1 N–H and O–H groups in total. The minimum absolute atomic E-state index is 0.148. The Bertz CT molecular complexity index is 1200. The van der Waals surface area contributed by atoms with Crippen LogP contribution in [0.15, 0.2) is 53.9 Å². The summed E-state index contributed by atoms with van der Waals surface area (Å²) >= 11 is 0. The number of aromatic nitrogens is 2. The van der Waals surface area contributed by atoms with E-state index in [1.165, 1.54) is 5.01 Å².